The van der Waals surface area contributed by atoms with Gasteiger partial charge in [-0.15, -0.1) is 0 Å². The molecule has 0 bridgehead atoms. The standard InChI is InChI=1S/C3H2O7.Na.Rb.2H/c4-1(5)9-3(8)10-2(6)7;;;;/h(H,4,5)(H,6,7);;;;. The van der Waals surface area contributed by atoms with Crippen molar-refractivity contribution in [3.8, 4) is 0 Å². The molecule has 0 aliphatic carbocycles. The molecule has 0 amide bonds. The van der Waals surface area contributed by atoms with Gasteiger partial charge in [-0.3, -0.25) is 0 Å². The third-order valence-electron chi connectivity index (χ3n) is 0.341. The Morgan fingerprint density at radius 3 is 1.33 bits per heavy atom. The minimum absolute atomic E-state index is 0. The normalized spacial score (nSPS) is 6.67. The summed E-state index contributed by atoms with van der Waals surface area (Å²) in [6.45, 7) is 0. The van der Waals surface area contributed by atoms with Gasteiger partial charge < -0.3 is 19.7 Å². The molecule has 0 aliphatic rings. The molecular formula is C3H4NaO7Rb. The summed E-state index contributed by atoms with van der Waals surface area (Å²) in [7, 11) is 0. The van der Waals surface area contributed by atoms with Gasteiger partial charge in [-0.2, -0.15) is 0 Å². The molecule has 0 aromatic carbocycles. The molecule has 12 heavy (non-hydrogen) atoms. The van der Waals surface area contributed by atoms with Crippen LogP contribution in [0.15, 0.2) is 0 Å². The molecule has 0 saturated heterocycles. The molecule has 0 fully saturated rings. The van der Waals surface area contributed by atoms with Crippen molar-refractivity contribution in [1.82, 2.24) is 0 Å². The second-order valence-corrected chi connectivity index (χ2v) is 0.986. The molecule has 0 aliphatic heterocycles. The Hall–Kier alpha value is 1.02. The van der Waals surface area contributed by atoms with E-state index in [9.17, 15) is 14.4 Å². The molecule has 0 aromatic heterocycles. The Labute approximate surface area is 137 Å². The van der Waals surface area contributed by atoms with Gasteiger partial charge in [-0.05, 0) is 0 Å². The van der Waals surface area contributed by atoms with E-state index in [1.807, 2.05) is 0 Å². The monoisotopic (exact) mass is 260 g/mol. The molecular weight excluding hydrogens is 256 g/mol. The molecule has 9 heteroatoms. The molecule has 2 N–H and O–H groups in total. The number of carboxylic acid groups (broad SMARTS) is 2. The van der Waals surface area contributed by atoms with Crippen LogP contribution in [0.3, 0.4) is 0 Å². The first kappa shape index (κ1) is 18.7. The third kappa shape index (κ3) is 13.6. The molecule has 0 heterocycles. The van der Waals surface area contributed by atoms with E-state index < -0.39 is 18.5 Å². The van der Waals surface area contributed by atoms with Gasteiger partial charge in [0.05, 0.1) is 0 Å². The van der Waals surface area contributed by atoms with Crippen molar-refractivity contribution in [2.24, 2.45) is 0 Å². The van der Waals surface area contributed by atoms with Crippen molar-refractivity contribution in [3.63, 3.8) is 0 Å². The number of hydrogen-bond acceptors (Lipinski definition) is 5. The van der Waals surface area contributed by atoms with Gasteiger partial charge in [0, 0.05) is 0 Å². The first-order chi connectivity index (χ1) is 4.52. The second-order valence-electron chi connectivity index (χ2n) is 0.986. The van der Waals surface area contributed by atoms with E-state index >= 15 is 0 Å². The molecule has 0 spiro atoms. The first-order valence-electron chi connectivity index (χ1n) is 1.88. The molecule has 0 atom stereocenters. The van der Waals surface area contributed by atoms with E-state index in [1.165, 1.54) is 0 Å². The van der Waals surface area contributed by atoms with Crippen LogP contribution in [0.2, 0.25) is 0 Å². The maximum absolute atomic E-state index is 9.86. The second kappa shape index (κ2) is 10.1. The van der Waals surface area contributed by atoms with Crippen LogP contribution >= 0.6 is 0 Å². The predicted molar refractivity (Wildman–Crippen MR) is 37.9 cm³/mol. The predicted octanol–water partition coefficient (Wildman–Crippen LogP) is -0.801. The van der Waals surface area contributed by atoms with E-state index in [0.29, 0.717) is 0 Å². The molecule has 0 rings (SSSR count). The summed E-state index contributed by atoms with van der Waals surface area (Å²) in [5, 5.41) is 15.4. The van der Waals surface area contributed by atoms with Gasteiger partial charge in [-0.1, -0.05) is 0 Å². The van der Waals surface area contributed by atoms with Gasteiger partial charge in [-0.25, -0.2) is 14.4 Å². The fourth-order valence-electron chi connectivity index (χ4n) is 0.163. The van der Waals surface area contributed by atoms with Crippen LogP contribution in [-0.2, 0) is 9.47 Å². The van der Waals surface area contributed by atoms with E-state index in [2.05, 4.69) is 9.47 Å². The van der Waals surface area contributed by atoms with Crippen molar-refractivity contribution < 1.29 is 34.1 Å². The maximum atomic E-state index is 9.86. The molecule has 0 radical (unpaired) electrons. The fraction of sp³-hybridized carbons (Fsp3) is 0. The zero-order valence-electron chi connectivity index (χ0n) is 4.44. The molecule has 0 saturated carbocycles. The third-order valence-corrected chi connectivity index (χ3v) is 0.341. The van der Waals surface area contributed by atoms with Crippen LogP contribution in [0, 0.1) is 0 Å². The number of rotatable bonds is 0. The zero-order valence-corrected chi connectivity index (χ0v) is 4.44. The van der Waals surface area contributed by atoms with Crippen molar-refractivity contribution >= 4 is 106 Å². The fourth-order valence-corrected chi connectivity index (χ4v) is 0.163. The first-order valence-corrected chi connectivity index (χ1v) is 1.88. The Bertz CT molecular complexity index is 161. The van der Waals surface area contributed by atoms with Crippen LogP contribution in [-0.4, -0.2) is 116 Å². The zero-order chi connectivity index (χ0) is 8.15. The van der Waals surface area contributed by atoms with Gasteiger partial charge in [0.15, 0.2) is 0 Å². The molecule has 0 aromatic rings. The number of carbonyl (C=O) groups excluding carboxylic acids is 1. The van der Waals surface area contributed by atoms with Crippen LogP contribution in [0.4, 0.5) is 14.4 Å². The van der Waals surface area contributed by atoms with E-state index in [1.54, 1.807) is 0 Å². The van der Waals surface area contributed by atoms with Crippen molar-refractivity contribution in [2.75, 3.05) is 0 Å². The molecule has 60 valence electrons. The van der Waals surface area contributed by atoms with Crippen molar-refractivity contribution in [2.45, 2.75) is 0 Å². The Morgan fingerprint density at radius 1 is 0.917 bits per heavy atom. The summed E-state index contributed by atoms with van der Waals surface area (Å²) in [5.41, 5.74) is 0. The van der Waals surface area contributed by atoms with E-state index in [4.69, 9.17) is 10.2 Å². The van der Waals surface area contributed by atoms with Gasteiger partial charge in [0.1, 0.15) is 0 Å². The molecule has 0 unspecified atom stereocenters. The number of ether oxygens (including phenoxy) is 2. The van der Waals surface area contributed by atoms with Crippen LogP contribution in [0.25, 0.3) is 0 Å². The summed E-state index contributed by atoms with van der Waals surface area (Å²) in [6, 6.07) is 0. The topological polar surface area (TPSA) is 110 Å². The van der Waals surface area contributed by atoms with Crippen molar-refractivity contribution in [1.29, 1.82) is 0 Å². The average molecular weight is 261 g/mol. The number of carbonyl (C=O) groups is 3. The van der Waals surface area contributed by atoms with Gasteiger partial charge >= 0.3 is 106 Å². The Kier molecular flexibility index (Phi) is 15.8. The van der Waals surface area contributed by atoms with Crippen LogP contribution in [0.5, 0.6) is 0 Å². The van der Waals surface area contributed by atoms with Crippen LogP contribution < -0.4 is 0 Å². The summed E-state index contributed by atoms with van der Waals surface area (Å²) in [4.78, 5) is 28.8. The summed E-state index contributed by atoms with van der Waals surface area (Å²) < 4.78 is 6.47. The number of hydrogen-bond donors (Lipinski definition) is 2. The quantitative estimate of drug-likeness (QED) is 0.333. The molecule has 7 nitrogen and oxygen atoms in total. The Balaban J connectivity index is -0.000000405. The summed E-state index contributed by atoms with van der Waals surface area (Å²) >= 11 is 0. The van der Waals surface area contributed by atoms with Crippen LogP contribution in [0.1, 0.15) is 0 Å². The Morgan fingerprint density at radius 2 is 1.17 bits per heavy atom. The van der Waals surface area contributed by atoms with E-state index in [0.717, 1.165) is 0 Å². The average Bonchev–Trinajstić information content (AvgIpc) is 1.58. The van der Waals surface area contributed by atoms with E-state index in [-0.39, 0.29) is 87.7 Å². The van der Waals surface area contributed by atoms with Gasteiger partial charge in [0.25, 0.3) is 0 Å². The minimum atomic E-state index is -1.92. The van der Waals surface area contributed by atoms with Crippen molar-refractivity contribution in [3.05, 3.63) is 0 Å². The van der Waals surface area contributed by atoms with Gasteiger partial charge in [0.2, 0.25) is 0 Å². The summed E-state index contributed by atoms with van der Waals surface area (Å²) in [6.07, 6.45) is -5.64. The summed E-state index contributed by atoms with van der Waals surface area (Å²) in [5.74, 6) is 0. The SMILES string of the molecule is O=C(O)OC(=O)OC(=O)O.[NaH].[RbH].